The van der Waals surface area contributed by atoms with Gasteiger partial charge in [-0.2, -0.15) is 0 Å². The third-order valence-electron chi connectivity index (χ3n) is 6.09. The van der Waals surface area contributed by atoms with Crippen LogP contribution >= 0.6 is 0 Å². The molecule has 1 N–H and O–H groups in total. The molecular formula is C24H28F2N2O2. The number of amides is 2. The third kappa shape index (κ3) is 4.86. The SMILES string of the molecule is CC[C@@H](C(=O)N1CCC(C)(C(=O)NCc2ccc(F)cc2F)CC1)c1ccccc1. The molecule has 0 spiro atoms. The Kier molecular flexibility index (Phi) is 6.85. The Balaban J connectivity index is 1.57. The van der Waals surface area contributed by atoms with Gasteiger partial charge in [0.2, 0.25) is 11.8 Å². The molecule has 30 heavy (non-hydrogen) atoms. The number of benzene rings is 2. The second-order valence-corrected chi connectivity index (χ2v) is 8.18. The largest absolute Gasteiger partial charge is 0.351 e. The second-order valence-electron chi connectivity index (χ2n) is 8.18. The van der Waals surface area contributed by atoms with Gasteiger partial charge >= 0.3 is 0 Å². The van der Waals surface area contributed by atoms with Crippen LogP contribution < -0.4 is 5.32 Å². The van der Waals surface area contributed by atoms with Gasteiger partial charge in [0.1, 0.15) is 11.6 Å². The molecule has 0 radical (unpaired) electrons. The number of carbonyl (C=O) groups is 2. The molecule has 1 saturated heterocycles. The maximum absolute atomic E-state index is 13.8. The zero-order chi connectivity index (χ0) is 21.7. The van der Waals surface area contributed by atoms with Gasteiger partial charge in [-0.3, -0.25) is 9.59 Å². The Bertz CT molecular complexity index is 893. The Morgan fingerprint density at radius 2 is 1.77 bits per heavy atom. The monoisotopic (exact) mass is 414 g/mol. The van der Waals surface area contributed by atoms with E-state index in [9.17, 15) is 18.4 Å². The average Bonchev–Trinajstić information content (AvgIpc) is 2.74. The van der Waals surface area contributed by atoms with Crippen molar-refractivity contribution in [1.29, 1.82) is 0 Å². The van der Waals surface area contributed by atoms with E-state index in [0.29, 0.717) is 25.9 Å². The molecule has 1 aliphatic heterocycles. The van der Waals surface area contributed by atoms with Crippen molar-refractivity contribution in [1.82, 2.24) is 10.2 Å². The lowest BCUT2D eigenvalue weighted by molar-refractivity contribution is -0.140. The maximum atomic E-state index is 13.8. The van der Waals surface area contributed by atoms with Crippen LogP contribution in [0.1, 0.15) is 50.2 Å². The van der Waals surface area contributed by atoms with Gasteiger partial charge in [0.05, 0.1) is 5.92 Å². The number of hydrogen-bond acceptors (Lipinski definition) is 2. The van der Waals surface area contributed by atoms with E-state index in [1.165, 1.54) is 12.1 Å². The number of piperidine rings is 1. The Labute approximate surface area is 176 Å². The van der Waals surface area contributed by atoms with Gasteiger partial charge < -0.3 is 10.2 Å². The van der Waals surface area contributed by atoms with Crippen LogP contribution in [0.25, 0.3) is 0 Å². The van der Waals surface area contributed by atoms with Crippen molar-refractivity contribution in [3.8, 4) is 0 Å². The summed E-state index contributed by atoms with van der Waals surface area (Å²) in [5, 5.41) is 2.77. The molecule has 2 aromatic carbocycles. The number of likely N-dealkylation sites (tertiary alicyclic amines) is 1. The number of hydrogen-bond donors (Lipinski definition) is 1. The standard InChI is InChI=1S/C24H28F2N2O2/c1-3-20(17-7-5-4-6-8-17)22(29)28-13-11-24(2,12-14-28)23(30)27-16-18-9-10-19(25)15-21(18)26/h4-10,15,20H,3,11-14,16H2,1-2H3,(H,27,30)/t20-/m1/s1. The number of carbonyl (C=O) groups excluding carboxylic acids is 2. The molecule has 1 fully saturated rings. The van der Waals surface area contributed by atoms with E-state index < -0.39 is 17.0 Å². The van der Waals surface area contributed by atoms with Gasteiger partial charge in [0, 0.05) is 36.7 Å². The highest BCUT2D eigenvalue weighted by molar-refractivity contribution is 5.85. The Hall–Kier alpha value is -2.76. The minimum absolute atomic E-state index is 0.00903. The van der Waals surface area contributed by atoms with Crippen LogP contribution in [-0.4, -0.2) is 29.8 Å². The van der Waals surface area contributed by atoms with Crippen LogP contribution in [0.4, 0.5) is 8.78 Å². The molecule has 2 aromatic rings. The van der Waals surface area contributed by atoms with Crippen molar-refractivity contribution < 1.29 is 18.4 Å². The van der Waals surface area contributed by atoms with Crippen molar-refractivity contribution in [3.05, 3.63) is 71.3 Å². The summed E-state index contributed by atoms with van der Waals surface area (Å²) in [6.07, 6.45) is 1.81. The average molecular weight is 414 g/mol. The molecule has 0 bridgehead atoms. The van der Waals surface area contributed by atoms with E-state index in [-0.39, 0.29) is 29.8 Å². The zero-order valence-corrected chi connectivity index (χ0v) is 17.5. The summed E-state index contributed by atoms with van der Waals surface area (Å²) in [7, 11) is 0. The molecule has 0 aromatic heterocycles. The first kappa shape index (κ1) is 21.9. The summed E-state index contributed by atoms with van der Waals surface area (Å²) in [6, 6.07) is 13.1. The highest BCUT2D eigenvalue weighted by atomic mass is 19.1. The summed E-state index contributed by atoms with van der Waals surface area (Å²) in [5.74, 6) is -1.57. The summed E-state index contributed by atoms with van der Waals surface area (Å²) in [4.78, 5) is 27.6. The molecule has 0 unspecified atom stereocenters. The quantitative estimate of drug-likeness (QED) is 0.762. The van der Waals surface area contributed by atoms with Crippen LogP contribution in [0.15, 0.2) is 48.5 Å². The number of nitrogens with one attached hydrogen (secondary N) is 1. The van der Waals surface area contributed by atoms with Gasteiger partial charge in [-0.25, -0.2) is 8.78 Å². The van der Waals surface area contributed by atoms with Crippen molar-refractivity contribution in [3.63, 3.8) is 0 Å². The van der Waals surface area contributed by atoms with Crippen LogP contribution in [-0.2, 0) is 16.1 Å². The summed E-state index contributed by atoms with van der Waals surface area (Å²) in [6.45, 7) is 4.91. The van der Waals surface area contributed by atoms with Crippen LogP contribution in [0, 0.1) is 17.0 Å². The van der Waals surface area contributed by atoms with Gasteiger partial charge in [-0.1, -0.05) is 50.2 Å². The number of halogens is 2. The first-order valence-corrected chi connectivity index (χ1v) is 10.4. The van der Waals surface area contributed by atoms with Gasteiger partial charge in [0.15, 0.2) is 0 Å². The van der Waals surface area contributed by atoms with Crippen LogP contribution in [0.2, 0.25) is 0 Å². The smallest absolute Gasteiger partial charge is 0.230 e. The Morgan fingerprint density at radius 3 is 2.37 bits per heavy atom. The van der Waals surface area contributed by atoms with E-state index in [1.54, 1.807) is 0 Å². The van der Waals surface area contributed by atoms with E-state index in [1.807, 2.05) is 49.1 Å². The third-order valence-corrected chi connectivity index (χ3v) is 6.09. The van der Waals surface area contributed by atoms with Crippen molar-refractivity contribution in [2.75, 3.05) is 13.1 Å². The van der Waals surface area contributed by atoms with Gasteiger partial charge in [0.25, 0.3) is 0 Å². The molecule has 4 nitrogen and oxygen atoms in total. The van der Waals surface area contributed by atoms with E-state index in [2.05, 4.69) is 5.32 Å². The van der Waals surface area contributed by atoms with Crippen molar-refractivity contribution >= 4 is 11.8 Å². The van der Waals surface area contributed by atoms with Gasteiger partial charge in [-0.15, -0.1) is 0 Å². The Morgan fingerprint density at radius 1 is 1.10 bits per heavy atom. The number of nitrogens with zero attached hydrogens (tertiary/aromatic N) is 1. The summed E-state index contributed by atoms with van der Waals surface area (Å²) >= 11 is 0. The van der Waals surface area contributed by atoms with Crippen LogP contribution in [0.3, 0.4) is 0 Å². The minimum atomic E-state index is -0.674. The molecule has 2 amide bonds. The minimum Gasteiger partial charge on any atom is -0.351 e. The highest BCUT2D eigenvalue weighted by Crippen LogP contribution is 2.33. The lowest BCUT2D eigenvalue weighted by atomic mass is 9.79. The predicted octanol–water partition coefficient (Wildman–Crippen LogP) is 4.40. The van der Waals surface area contributed by atoms with E-state index in [0.717, 1.165) is 18.1 Å². The molecule has 0 saturated carbocycles. The molecule has 0 aliphatic carbocycles. The molecule has 3 rings (SSSR count). The molecule has 1 heterocycles. The van der Waals surface area contributed by atoms with E-state index in [4.69, 9.17) is 0 Å². The second kappa shape index (κ2) is 9.37. The van der Waals surface area contributed by atoms with Crippen LogP contribution in [0.5, 0.6) is 0 Å². The molecule has 1 aliphatic rings. The molecular weight excluding hydrogens is 386 g/mol. The van der Waals surface area contributed by atoms with Crippen molar-refractivity contribution in [2.24, 2.45) is 5.41 Å². The fraction of sp³-hybridized carbons (Fsp3) is 0.417. The lowest BCUT2D eigenvalue weighted by Crippen LogP contribution is -2.49. The topological polar surface area (TPSA) is 49.4 Å². The predicted molar refractivity (Wildman–Crippen MR) is 112 cm³/mol. The fourth-order valence-corrected chi connectivity index (χ4v) is 3.96. The summed E-state index contributed by atoms with van der Waals surface area (Å²) in [5.41, 5.74) is 0.633. The molecule has 160 valence electrons. The normalized spacial score (nSPS) is 16.7. The molecule has 6 heteroatoms. The highest BCUT2D eigenvalue weighted by Gasteiger charge is 2.39. The van der Waals surface area contributed by atoms with Gasteiger partial charge in [-0.05, 0) is 30.9 Å². The maximum Gasteiger partial charge on any atom is 0.230 e. The zero-order valence-electron chi connectivity index (χ0n) is 17.5. The first-order chi connectivity index (χ1) is 14.3. The fourth-order valence-electron chi connectivity index (χ4n) is 3.96. The van der Waals surface area contributed by atoms with Crippen molar-refractivity contribution in [2.45, 2.75) is 45.6 Å². The number of rotatable bonds is 6. The first-order valence-electron chi connectivity index (χ1n) is 10.4. The van der Waals surface area contributed by atoms with E-state index >= 15 is 0 Å². The molecule has 1 atom stereocenters. The summed E-state index contributed by atoms with van der Waals surface area (Å²) < 4.78 is 26.8. The lowest BCUT2D eigenvalue weighted by Gasteiger charge is -2.39.